The zero-order valence-corrected chi connectivity index (χ0v) is 12.9. The van der Waals surface area contributed by atoms with Gasteiger partial charge in [-0.1, -0.05) is 0 Å². The van der Waals surface area contributed by atoms with Gasteiger partial charge < -0.3 is 14.4 Å². The first-order chi connectivity index (χ1) is 8.83. The van der Waals surface area contributed by atoms with Gasteiger partial charge in [0.1, 0.15) is 5.60 Å². The third-order valence-electron chi connectivity index (χ3n) is 3.23. The highest BCUT2D eigenvalue weighted by Crippen LogP contribution is 2.17. The smallest absolute Gasteiger partial charge is 0.410 e. The van der Waals surface area contributed by atoms with E-state index in [1.165, 1.54) is 0 Å². The summed E-state index contributed by atoms with van der Waals surface area (Å²) in [5.41, 5.74) is -0.432. The van der Waals surface area contributed by atoms with Crippen LogP contribution in [-0.2, 0) is 9.47 Å². The summed E-state index contributed by atoms with van der Waals surface area (Å²) in [5, 5.41) is 0. The van der Waals surface area contributed by atoms with Gasteiger partial charge in [0.25, 0.3) is 0 Å². The van der Waals surface area contributed by atoms with Crippen molar-refractivity contribution in [1.82, 2.24) is 9.80 Å². The van der Waals surface area contributed by atoms with E-state index in [1.54, 1.807) is 4.90 Å². The summed E-state index contributed by atoms with van der Waals surface area (Å²) in [7, 11) is 1.82. The molecule has 0 aromatic rings. The van der Waals surface area contributed by atoms with Crippen LogP contribution in [-0.4, -0.2) is 67.4 Å². The Hall–Kier alpha value is -0.810. The van der Waals surface area contributed by atoms with E-state index in [0.717, 1.165) is 39.3 Å². The molecule has 112 valence electrons. The Labute approximate surface area is 116 Å². The molecule has 0 spiro atoms. The monoisotopic (exact) mass is 272 g/mol. The lowest BCUT2D eigenvalue weighted by Gasteiger charge is -2.28. The van der Waals surface area contributed by atoms with E-state index in [0.29, 0.717) is 0 Å². The molecule has 0 aliphatic carbocycles. The predicted octanol–water partition coefficient (Wildman–Crippen LogP) is 1.96. The molecule has 0 saturated carbocycles. The molecule has 0 radical (unpaired) electrons. The van der Waals surface area contributed by atoms with E-state index < -0.39 is 5.60 Å². The number of carbonyl (C=O) groups is 1. The van der Waals surface area contributed by atoms with Crippen LogP contribution < -0.4 is 0 Å². The predicted molar refractivity (Wildman–Crippen MR) is 75.3 cm³/mol. The van der Waals surface area contributed by atoms with Gasteiger partial charge in [0.05, 0.1) is 6.61 Å². The van der Waals surface area contributed by atoms with Crippen LogP contribution in [0.1, 0.15) is 34.1 Å². The molecule has 1 aliphatic heterocycles. The molecule has 1 aliphatic rings. The second-order valence-electron chi connectivity index (χ2n) is 6.03. The molecule has 5 nitrogen and oxygen atoms in total. The normalized spacial score (nSPS) is 20.6. The average Bonchev–Trinajstić information content (AvgIpc) is 2.75. The van der Waals surface area contributed by atoms with Crippen LogP contribution in [0, 0.1) is 0 Å². The van der Waals surface area contributed by atoms with Gasteiger partial charge in [-0.2, -0.15) is 0 Å². The number of amides is 1. The number of rotatable bonds is 5. The maximum atomic E-state index is 12.0. The Morgan fingerprint density at radius 1 is 1.42 bits per heavy atom. The minimum absolute atomic E-state index is 0.232. The van der Waals surface area contributed by atoms with Crippen molar-refractivity contribution in [3.63, 3.8) is 0 Å². The number of hydrogen-bond donors (Lipinski definition) is 0. The number of likely N-dealkylation sites (N-methyl/N-ethyl adjacent to an activating group) is 1. The average molecular weight is 272 g/mol. The standard InChI is InChI=1S/C14H28N2O3/c1-6-18-10-9-16-8-7-12(11-16)15(5)13(17)19-14(2,3)4/h12H,6-11H2,1-5H3. The topological polar surface area (TPSA) is 42.0 Å². The number of carbonyl (C=O) groups excluding carboxylic acids is 1. The Morgan fingerprint density at radius 3 is 2.68 bits per heavy atom. The van der Waals surface area contributed by atoms with E-state index in [9.17, 15) is 4.79 Å². The molecule has 1 rings (SSSR count). The molecule has 1 saturated heterocycles. The van der Waals surface area contributed by atoms with E-state index >= 15 is 0 Å². The van der Waals surface area contributed by atoms with Crippen LogP contribution >= 0.6 is 0 Å². The van der Waals surface area contributed by atoms with Crippen molar-refractivity contribution >= 4 is 6.09 Å². The summed E-state index contributed by atoms with van der Waals surface area (Å²) in [4.78, 5) is 16.0. The lowest BCUT2D eigenvalue weighted by Crippen LogP contribution is -2.42. The summed E-state index contributed by atoms with van der Waals surface area (Å²) in [5.74, 6) is 0. The second-order valence-corrected chi connectivity index (χ2v) is 6.03. The van der Waals surface area contributed by atoms with E-state index in [-0.39, 0.29) is 12.1 Å². The van der Waals surface area contributed by atoms with Gasteiger partial charge in [-0.05, 0) is 34.1 Å². The van der Waals surface area contributed by atoms with Gasteiger partial charge in [-0.15, -0.1) is 0 Å². The highest BCUT2D eigenvalue weighted by Gasteiger charge is 2.30. The van der Waals surface area contributed by atoms with Gasteiger partial charge in [-0.25, -0.2) is 4.79 Å². The summed E-state index contributed by atoms with van der Waals surface area (Å²) in [6.45, 7) is 12.1. The second kappa shape index (κ2) is 7.10. The molecule has 1 fully saturated rings. The molecule has 19 heavy (non-hydrogen) atoms. The number of likely N-dealkylation sites (tertiary alicyclic amines) is 1. The lowest BCUT2D eigenvalue weighted by atomic mass is 10.2. The molecule has 0 aromatic heterocycles. The summed E-state index contributed by atoms with van der Waals surface area (Å²) in [6.07, 6.45) is 0.770. The highest BCUT2D eigenvalue weighted by molar-refractivity contribution is 5.68. The Morgan fingerprint density at radius 2 is 2.11 bits per heavy atom. The van der Waals surface area contributed by atoms with Gasteiger partial charge >= 0.3 is 6.09 Å². The van der Waals surface area contributed by atoms with Crippen LogP contribution in [0.15, 0.2) is 0 Å². The molecule has 5 heteroatoms. The van der Waals surface area contributed by atoms with Crippen molar-refractivity contribution in [3.05, 3.63) is 0 Å². The minimum Gasteiger partial charge on any atom is -0.444 e. The molecule has 1 unspecified atom stereocenters. The summed E-state index contributed by atoms with van der Waals surface area (Å²) >= 11 is 0. The maximum Gasteiger partial charge on any atom is 0.410 e. The summed E-state index contributed by atoms with van der Waals surface area (Å²) < 4.78 is 10.7. The fourth-order valence-corrected chi connectivity index (χ4v) is 2.15. The number of nitrogens with zero attached hydrogens (tertiary/aromatic N) is 2. The zero-order chi connectivity index (χ0) is 14.5. The fourth-order valence-electron chi connectivity index (χ4n) is 2.15. The van der Waals surface area contributed by atoms with Crippen LogP contribution in [0.5, 0.6) is 0 Å². The number of ether oxygens (including phenoxy) is 2. The van der Waals surface area contributed by atoms with Crippen LogP contribution in [0.25, 0.3) is 0 Å². The van der Waals surface area contributed by atoms with Gasteiger partial charge in [0.2, 0.25) is 0 Å². The fraction of sp³-hybridized carbons (Fsp3) is 0.929. The first-order valence-corrected chi connectivity index (χ1v) is 7.09. The van der Waals surface area contributed by atoms with Crippen molar-refractivity contribution in [2.24, 2.45) is 0 Å². The molecule has 1 atom stereocenters. The first-order valence-electron chi connectivity index (χ1n) is 7.09. The Kier molecular flexibility index (Phi) is 6.07. The Balaban J connectivity index is 2.35. The van der Waals surface area contributed by atoms with E-state index in [1.807, 2.05) is 34.7 Å². The van der Waals surface area contributed by atoms with Crippen LogP contribution in [0.3, 0.4) is 0 Å². The highest BCUT2D eigenvalue weighted by atomic mass is 16.6. The first kappa shape index (κ1) is 16.2. The quantitative estimate of drug-likeness (QED) is 0.718. The molecular formula is C14H28N2O3. The van der Waals surface area contributed by atoms with Crippen LogP contribution in [0.4, 0.5) is 4.79 Å². The third-order valence-corrected chi connectivity index (χ3v) is 3.23. The molecular weight excluding hydrogens is 244 g/mol. The molecule has 1 heterocycles. The van der Waals surface area contributed by atoms with Crippen molar-refractivity contribution in [3.8, 4) is 0 Å². The maximum absolute atomic E-state index is 12.0. The van der Waals surface area contributed by atoms with Crippen LogP contribution in [0.2, 0.25) is 0 Å². The summed E-state index contributed by atoms with van der Waals surface area (Å²) in [6, 6.07) is 0.247. The molecule has 1 amide bonds. The lowest BCUT2D eigenvalue weighted by molar-refractivity contribution is 0.0226. The zero-order valence-electron chi connectivity index (χ0n) is 12.9. The molecule has 0 aromatic carbocycles. The van der Waals surface area contributed by atoms with Crippen molar-refractivity contribution in [2.45, 2.75) is 45.8 Å². The van der Waals surface area contributed by atoms with Gasteiger partial charge in [0.15, 0.2) is 0 Å². The molecule has 0 N–H and O–H groups in total. The van der Waals surface area contributed by atoms with Crippen molar-refractivity contribution in [1.29, 1.82) is 0 Å². The van der Waals surface area contributed by atoms with E-state index in [4.69, 9.17) is 9.47 Å². The number of hydrogen-bond acceptors (Lipinski definition) is 4. The minimum atomic E-state index is -0.432. The van der Waals surface area contributed by atoms with Gasteiger partial charge in [-0.3, -0.25) is 4.90 Å². The SMILES string of the molecule is CCOCCN1CCC(N(C)C(=O)OC(C)(C)C)C1. The third kappa shape index (κ3) is 5.78. The molecule has 0 bridgehead atoms. The largest absolute Gasteiger partial charge is 0.444 e. The van der Waals surface area contributed by atoms with Gasteiger partial charge in [0, 0.05) is 39.3 Å². The Bertz CT molecular complexity index is 289. The van der Waals surface area contributed by atoms with E-state index in [2.05, 4.69) is 4.90 Å². The van der Waals surface area contributed by atoms with Crippen molar-refractivity contribution in [2.75, 3.05) is 39.9 Å². The van der Waals surface area contributed by atoms with Crippen molar-refractivity contribution < 1.29 is 14.3 Å².